The van der Waals surface area contributed by atoms with Crippen molar-refractivity contribution in [2.24, 2.45) is 0 Å². The Labute approximate surface area is 148 Å². The molecule has 0 saturated carbocycles. The molecule has 2 N–H and O–H groups in total. The molecule has 2 aliphatic heterocycles. The van der Waals surface area contributed by atoms with Crippen LogP contribution in [0.1, 0.15) is 20.3 Å². The highest BCUT2D eigenvalue weighted by molar-refractivity contribution is 7.80. The summed E-state index contributed by atoms with van der Waals surface area (Å²) in [6.07, 6.45) is -0.0576. The van der Waals surface area contributed by atoms with Gasteiger partial charge in [0.25, 0.3) is 0 Å². The molecule has 3 amide bonds. The van der Waals surface area contributed by atoms with Gasteiger partial charge in [0.1, 0.15) is 11.6 Å². The van der Waals surface area contributed by atoms with Gasteiger partial charge in [0, 0.05) is 10.7 Å². The Morgan fingerprint density at radius 1 is 1.33 bits per heavy atom. The fourth-order valence-electron chi connectivity index (χ4n) is 2.82. The SMILES string of the molecule is CC1(C)C(=O)NC(=S)N2C(=O)CC(C(=O)Nc3ccc(Cl)cc3)N21. The van der Waals surface area contributed by atoms with Gasteiger partial charge >= 0.3 is 0 Å². The number of hydrogen-bond acceptors (Lipinski definition) is 5. The molecule has 0 radical (unpaired) electrons. The summed E-state index contributed by atoms with van der Waals surface area (Å²) < 4.78 is 0. The highest BCUT2D eigenvalue weighted by Gasteiger charge is 2.56. The Morgan fingerprint density at radius 3 is 2.58 bits per heavy atom. The molecule has 2 saturated heterocycles. The number of carbonyl (C=O) groups is 3. The van der Waals surface area contributed by atoms with E-state index in [0.717, 1.165) is 0 Å². The molecule has 0 aliphatic carbocycles. The third kappa shape index (κ3) is 2.66. The van der Waals surface area contributed by atoms with Gasteiger partial charge in [0.2, 0.25) is 17.7 Å². The quantitative estimate of drug-likeness (QED) is 0.771. The van der Waals surface area contributed by atoms with E-state index < -0.39 is 17.5 Å². The summed E-state index contributed by atoms with van der Waals surface area (Å²) in [6.45, 7) is 3.27. The van der Waals surface area contributed by atoms with E-state index >= 15 is 0 Å². The molecule has 7 nitrogen and oxygen atoms in total. The van der Waals surface area contributed by atoms with Gasteiger partial charge in [-0.15, -0.1) is 0 Å². The first-order valence-electron chi connectivity index (χ1n) is 7.26. The van der Waals surface area contributed by atoms with Gasteiger partial charge in [-0.2, -0.15) is 5.01 Å². The summed E-state index contributed by atoms with van der Waals surface area (Å²) in [5.74, 6) is -1.08. The van der Waals surface area contributed by atoms with Crippen LogP contribution in [0.5, 0.6) is 0 Å². The fourth-order valence-corrected chi connectivity index (χ4v) is 3.23. The molecule has 1 atom stereocenters. The number of hydrogen-bond donors (Lipinski definition) is 2. The predicted octanol–water partition coefficient (Wildman–Crippen LogP) is 1.29. The number of amides is 3. The van der Waals surface area contributed by atoms with E-state index in [0.29, 0.717) is 10.7 Å². The molecule has 0 aromatic heterocycles. The van der Waals surface area contributed by atoms with Crippen molar-refractivity contribution in [2.75, 3.05) is 5.32 Å². The fraction of sp³-hybridized carbons (Fsp3) is 0.333. The lowest BCUT2D eigenvalue weighted by molar-refractivity contribution is -0.154. The second-order valence-electron chi connectivity index (χ2n) is 6.08. The number of carbonyl (C=O) groups excluding carboxylic acids is 3. The Hall–Kier alpha value is -2.03. The van der Waals surface area contributed by atoms with Crippen LogP contribution in [0.4, 0.5) is 5.69 Å². The largest absolute Gasteiger partial charge is 0.325 e. The maximum Gasteiger partial charge on any atom is 0.248 e. The van der Waals surface area contributed by atoms with E-state index in [9.17, 15) is 14.4 Å². The van der Waals surface area contributed by atoms with Crippen LogP contribution in [-0.2, 0) is 14.4 Å². The molecule has 24 heavy (non-hydrogen) atoms. The molecule has 1 unspecified atom stereocenters. The molecule has 3 rings (SSSR count). The van der Waals surface area contributed by atoms with Gasteiger partial charge in [-0.25, -0.2) is 5.01 Å². The van der Waals surface area contributed by atoms with E-state index in [4.69, 9.17) is 23.8 Å². The average molecular weight is 367 g/mol. The molecule has 2 aliphatic rings. The first-order valence-corrected chi connectivity index (χ1v) is 8.04. The standard InChI is InChI=1S/C15H15ClN4O3S/c1-15(2)13(23)18-14(24)19-11(21)7-10(20(15)19)12(22)17-9-5-3-8(16)4-6-9/h3-6,10H,7H2,1-2H3,(H,17,22)(H,18,23,24). The summed E-state index contributed by atoms with van der Waals surface area (Å²) in [6, 6.07) is 5.79. The molecule has 2 fully saturated rings. The van der Waals surface area contributed by atoms with Gasteiger partial charge in [-0.3, -0.25) is 19.7 Å². The van der Waals surface area contributed by atoms with Crippen LogP contribution in [0.25, 0.3) is 0 Å². The first kappa shape index (κ1) is 16.8. The minimum absolute atomic E-state index is 0.00822. The third-order valence-corrected chi connectivity index (χ3v) is 4.60. The van der Waals surface area contributed by atoms with Crippen LogP contribution < -0.4 is 10.6 Å². The number of nitrogens with zero attached hydrogens (tertiary/aromatic N) is 2. The van der Waals surface area contributed by atoms with Gasteiger partial charge in [-0.05, 0) is 50.3 Å². The van der Waals surface area contributed by atoms with Crippen molar-refractivity contribution in [3.63, 3.8) is 0 Å². The van der Waals surface area contributed by atoms with E-state index in [1.807, 2.05) is 0 Å². The number of anilines is 1. The zero-order chi connectivity index (χ0) is 17.6. The Kier molecular flexibility index (Phi) is 4.06. The topological polar surface area (TPSA) is 81.8 Å². The van der Waals surface area contributed by atoms with Gasteiger partial charge in [-0.1, -0.05) is 11.6 Å². The van der Waals surface area contributed by atoms with Crippen LogP contribution in [0.3, 0.4) is 0 Å². The number of hydrazine groups is 1. The lowest BCUT2D eigenvalue weighted by Crippen LogP contribution is -2.71. The molecule has 2 heterocycles. The molecular formula is C15H15ClN4O3S. The van der Waals surface area contributed by atoms with Crippen LogP contribution in [-0.4, -0.2) is 44.4 Å². The summed E-state index contributed by atoms with van der Waals surface area (Å²) in [7, 11) is 0. The highest BCUT2D eigenvalue weighted by atomic mass is 35.5. The maximum atomic E-state index is 12.7. The minimum atomic E-state index is -1.09. The van der Waals surface area contributed by atoms with Crippen molar-refractivity contribution in [3.8, 4) is 0 Å². The van der Waals surface area contributed by atoms with Crippen molar-refractivity contribution >= 4 is 52.3 Å². The van der Waals surface area contributed by atoms with Crippen molar-refractivity contribution < 1.29 is 14.4 Å². The van der Waals surface area contributed by atoms with Crippen LogP contribution in [0, 0.1) is 0 Å². The third-order valence-electron chi connectivity index (χ3n) is 4.07. The number of benzene rings is 1. The van der Waals surface area contributed by atoms with Gasteiger partial charge in [0.05, 0.1) is 6.42 Å². The highest BCUT2D eigenvalue weighted by Crippen LogP contribution is 2.33. The van der Waals surface area contributed by atoms with Gasteiger partial charge < -0.3 is 5.32 Å². The van der Waals surface area contributed by atoms with Crippen LogP contribution in [0.2, 0.25) is 5.02 Å². The summed E-state index contributed by atoms with van der Waals surface area (Å²) >= 11 is 10.9. The summed E-state index contributed by atoms with van der Waals surface area (Å²) in [5.41, 5.74) is -0.534. The van der Waals surface area contributed by atoms with Gasteiger partial charge in [0.15, 0.2) is 5.11 Å². The van der Waals surface area contributed by atoms with Crippen LogP contribution in [0.15, 0.2) is 24.3 Å². The Bertz CT molecular complexity index is 750. The number of halogens is 1. The molecule has 1 aromatic rings. The minimum Gasteiger partial charge on any atom is -0.325 e. The number of nitrogens with one attached hydrogen (secondary N) is 2. The van der Waals surface area contributed by atoms with Crippen molar-refractivity contribution in [3.05, 3.63) is 29.3 Å². The number of fused-ring (bicyclic) bond motifs is 1. The number of rotatable bonds is 2. The molecule has 1 aromatic carbocycles. The van der Waals surface area contributed by atoms with Crippen LogP contribution >= 0.6 is 23.8 Å². The predicted molar refractivity (Wildman–Crippen MR) is 92.0 cm³/mol. The second kappa shape index (κ2) is 5.80. The monoisotopic (exact) mass is 366 g/mol. The second-order valence-corrected chi connectivity index (χ2v) is 6.91. The van der Waals surface area contributed by atoms with Crippen molar-refractivity contribution in [2.45, 2.75) is 31.8 Å². The molecule has 0 spiro atoms. The number of thiocarbonyl (C=S) groups is 1. The van der Waals surface area contributed by atoms with Crippen molar-refractivity contribution in [1.82, 2.24) is 15.3 Å². The lowest BCUT2D eigenvalue weighted by atomic mass is 10.00. The van der Waals surface area contributed by atoms with E-state index in [2.05, 4.69) is 10.6 Å². The Morgan fingerprint density at radius 2 is 1.96 bits per heavy atom. The summed E-state index contributed by atoms with van der Waals surface area (Å²) in [4.78, 5) is 37.1. The lowest BCUT2D eigenvalue weighted by Gasteiger charge is -2.45. The molecule has 126 valence electrons. The van der Waals surface area contributed by atoms with E-state index in [1.165, 1.54) is 10.0 Å². The first-order chi connectivity index (χ1) is 11.2. The average Bonchev–Trinajstić information content (AvgIpc) is 2.87. The Balaban J connectivity index is 1.88. The smallest absolute Gasteiger partial charge is 0.248 e. The molecule has 0 bridgehead atoms. The van der Waals surface area contributed by atoms with Crippen molar-refractivity contribution in [1.29, 1.82) is 0 Å². The maximum absolute atomic E-state index is 12.7. The molecular weight excluding hydrogens is 352 g/mol. The normalized spacial score (nSPS) is 23.0. The summed E-state index contributed by atoms with van der Waals surface area (Å²) in [5, 5.41) is 8.42. The zero-order valence-corrected chi connectivity index (χ0v) is 14.6. The van der Waals surface area contributed by atoms with E-state index in [-0.39, 0.29) is 23.3 Å². The zero-order valence-electron chi connectivity index (χ0n) is 13.0. The van der Waals surface area contributed by atoms with E-state index in [1.54, 1.807) is 38.1 Å². The molecule has 9 heteroatoms.